The van der Waals surface area contributed by atoms with Gasteiger partial charge < -0.3 is 15.7 Å². The Morgan fingerprint density at radius 3 is 2.42 bits per heavy atom. The SMILES string of the molecule is CCN(CC(=O)O)C1CC(NC(=O)NC2CC(c3cccc(F)c3)C2)C1. The summed E-state index contributed by atoms with van der Waals surface area (Å²) in [5.41, 5.74) is 0.989. The van der Waals surface area contributed by atoms with E-state index in [-0.39, 0.29) is 36.5 Å². The molecule has 0 aromatic heterocycles. The molecule has 0 atom stereocenters. The lowest BCUT2D eigenvalue weighted by molar-refractivity contribution is -0.139. The number of halogens is 1. The number of amides is 2. The minimum absolute atomic E-state index is 0.0453. The first kappa shape index (κ1) is 18.6. The van der Waals surface area contributed by atoms with E-state index in [2.05, 4.69) is 10.6 Å². The Balaban J connectivity index is 1.34. The van der Waals surface area contributed by atoms with Crippen molar-refractivity contribution in [3.8, 4) is 0 Å². The number of aliphatic carboxylic acids is 1. The molecule has 0 spiro atoms. The van der Waals surface area contributed by atoms with Crippen molar-refractivity contribution in [3.63, 3.8) is 0 Å². The van der Waals surface area contributed by atoms with Crippen LogP contribution in [0.3, 0.4) is 0 Å². The van der Waals surface area contributed by atoms with Gasteiger partial charge in [-0.3, -0.25) is 9.69 Å². The molecule has 0 unspecified atom stereocenters. The highest BCUT2D eigenvalue weighted by molar-refractivity contribution is 5.75. The second-order valence-electron chi connectivity index (χ2n) is 7.32. The molecule has 2 aliphatic rings. The third kappa shape index (κ3) is 4.52. The van der Waals surface area contributed by atoms with Crippen molar-refractivity contribution < 1.29 is 19.1 Å². The van der Waals surface area contributed by atoms with Crippen molar-refractivity contribution in [1.82, 2.24) is 15.5 Å². The molecule has 0 bridgehead atoms. The number of hydrogen-bond donors (Lipinski definition) is 3. The van der Waals surface area contributed by atoms with Gasteiger partial charge in [-0.1, -0.05) is 19.1 Å². The van der Waals surface area contributed by atoms with Gasteiger partial charge >= 0.3 is 12.0 Å². The predicted octanol–water partition coefficient (Wildman–Crippen LogP) is 2.31. The van der Waals surface area contributed by atoms with Gasteiger partial charge in [0.2, 0.25) is 0 Å². The second kappa shape index (κ2) is 8.03. The molecule has 6 nitrogen and oxygen atoms in total. The van der Waals surface area contributed by atoms with Crippen LogP contribution < -0.4 is 10.6 Å². The van der Waals surface area contributed by atoms with Gasteiger partial charge in [0.15, 0.2) is 0 Å². The molecule has 26 heavy (non-hydrogen) atoms. The van der Waals surface area contributed by atoms with Crippen LogP contribution in [0.1, 0.15) is 44.1 Å². The van der Waals surface area contributed by atoms with Gasteiger partial charge in [0.1, 0.15) is 5.82 Å². The van der Waals surface area contributed by atoms with Gasteiger partial charge in [0, 0.05) is 18.1 Å². The number of hydrogen-bond acceptors (Lipinski definition) is 3. The summed E-state index contributed by atoms with van der Waals surface area (Å²) < 4.78 is 13.3. The van der Waals surface area contributed by atoms with Crippen molar-refractivity contribution >= 4 is 12.0 Å². The average Bonchev–Trinajstić information content (AvgIpc) is 2.51. The lowest BCUT2D eigenvalue weighted by Gasteiger charge is -2.43. The van der Waals surface area contributed by atoms with E-state index in [1.807, 2.05) is 17.9 Å². The van der Waals surface area contributed by atoms with E-state index < -0.39 is 5.97 Å². The Kier molecular flexibility index (Phi) is 5.76. The number of benzene rings is 1. The Hall–Kier alpha value is -2.15. The number of carbonyl (C=O) groups is 2. The second-order valence-corrected chi connectivity index (χ2v) is 7.32. The van der Waals surface area contributed by atoms with Crippen LogP contribution in [0.25, 0.3) is 0 Å². The molecule has 1 aromatic rings. The number of carbonyl (C=O) groups excluding carboxylic acids is 1. The molecule has 0 saturated heterocycles. The third-order valence-corrected chi connectivity index (χ3v) is 5.50. The minimum Gasteiger partial charge on any atom is -0.480 e. The van der Waals surface area contributed by atoms with E-state index in [4.69, 9.17) is 5.11 Å². The van der Waals surface area contributed by atoms with Crippen LogP contribution in [0, 0.1) is 5.82 Å². The summed E-state index contributed by atoms with van der Waals surface area (Å²) in [5, 5.41) is 14.8. The van der Waals surface area contributed by atoms with Crippen molar-refractivity contribution in [2.75, 3.05) is 13.1 Å². The molecule has 7 heteroatoms. The minimum atomic E-state index is -0.821. The molecule has 0 heterocycles. The van der Waals surface area contributed by atoms with Crippen LogP contribution in [0.5, 0.6) is 0 Å². The van der Waals surface area contributed by atoms with Crippen molar-refractivity contribution in [3.05, 3.63) is 35.6 Å². The molecule has 142 valence electrons. The summed E-state index contributed by atoms with van der Waals surface area (Å²) in [4.78, 5) is 24.8. The summed E-state index contributed by atoms with van der Waals surface area (Å²) in [6, 6.07) is 6.92. The van der Waals surface area contributed by atoms with Gasteiger partial charge in [-0.15, -0.1) is 0 Å². The lowest BCUT2D eigenvalue weighted by Crippen LogP contribution is -2.58. The smallest absolute Gasteiger partial charge is 0.317 e. The Bertz CT molecular complexity index is 657. The normalized spacial score (nSPS) is 27.3. The standard InChI is InChI=1S/C19H26FN3O3/c1-2-23(11-18(24)25)17-9-16(10-17)22-19(26)21-15-7-13(8-15)12-4-3-5-14(20)6-12/h3-6,13,15-17H,2,7-11H2,1H3,(H,24,25)(H2,21,22,26). The zero-order chi connectivity index (χ0) is 18.7. The zero-order valence-electron chi connectivity index (χ0n) is 15.0. The summed E-state index contributed by atoms with van der Waals surface area (Å²) in [7, 11) is 0. The summed E-state index contributed by atoms with van der Waals surface area (Å²) >= 11 is 0. The molecule has 1 aromatic carbocycles. The van der Waals surface area contributed by atoms with E-state index in [0.29, 0.717) is 12.5 Å². The summed E-state index contributed by atoms with van der Waals surface area (Å²) in [5.74, 6) is -0.739. The number of carboxylic acids is 1. The maximum atomic E-state index is 13.3. The van der Waals surface area contributed by atoms with Gasteiger partial charge in [-0.25, -0.2) is 9.18 Å². The fourth-order valence-corrected chi connectivity index (χ4v) is 3.86. The first-order valence-electron chi connectivity index (χ1n) is 9.23. The predicted molar refractivity (Wildman–Crippen MR) is 95.5 cm³/mol. The van der Waals surface area contributed by atoms with Crippen LogP contribution in [0.2, 0.25) is 0 Å². The molecule has 0 aliphatic heterocycles. The Morgan fingerprint density at radius 2 is 1.85 bits per heavy atom. The molecule has 2 aliphatic carbocycles. The quantitative estimate of drug-likeness (QED) is 0.694. The van der Waals surface area contributed by atoms with E-state index in [9.17, 15) is 14.0 Å². The lowest BCUT2D eigenvalue weighted by atomic mass is 9.76. The van der Waals surface area contributed by atoms with E-state index in [1.54, 1.807) is 12.1 Å². The molecular formula is C19H26FN3O3. The van der Waals surface area contributed by atoms with Crippen LogP contribution in [0.4, 0.5) is 9.18 Å². The van der Waals surface area contributed by atoms with Gasteiger partial charge in [0.05, 0.1) is 6.54 Å². The molecule has 2 saturated carbocycles. The molecule has 2 amide bonds. The highest BCUT2D eigenvalue weighted by Gasteiger charge is 2.36. The average molecular weight is 363 g/mol. The maximum Gasteiger partial charge on any atom is 0.317 e. The zero-order valence-corrected chi connectivity index (χ0v) is 15.0. The van der Waals surface area contributed by atoms with E-state index in [0.717, 1.165) is 31.2 Å². The summed E-state index contributed by atoms with van der Waals surface area (Å²) in [6.45, 7) is 2.69. The molecular weight excluding hydrogens is 337 g/mol. The van der Waals surface area contributed by atoms with Crippen LogP contribution in [-0.2, 0) is 4.79 Å². The number of nitrogens with zero attached hydrogens (tertiary/aromatic N) is 1. The van der Waals surface area contributed by atoms with Gasteiger partial charge in [0.25, 0.3) is 0 Å². The first-order chi connectivity index (χ1) is 12.4. The molecule has 3 rings (SSSR count). The van der Waals surface area contributed by atoms with Crippen molar-refractivity contribution in [2.24, 2.45) is 0 Å². The van der Waals surface area contributed by atoms with E-state index in [1.165, 1.54) is 6.07 Å². The highest BCUT2D eigenvalue weighted by Crippen LogP contribution is 2.37. The van der Waals surface area contributed by atoms with Crippen LogP contribution in [0.15, 0.2) is 24.3 Å². The largest absolute Gasteiger partial charge is 0.480 e. The fraction of sp³-hybridized carbons (Fsp3) is 0.579. The Morgan fingerprint density at radius 1 is 1.19 bits per heavy atom. The first-order valence-corrected chi connectivity index (χ1v) is 9.23. The number of nitrogens with one attached hydrogen (secondary N) is 2. The maximum absolute atomic E-state index is 13.3. The van der Waals surface area contributed by atoms with E-state index >= 15 is 0 Å². The van der Waals surface area contributed by atoms with Crippen molar-refractivity contribution in [1.29, 1.82) is 0 Å². The highest BCUT2D eigenvalue weighted by atomic mass is 19.1. The third-order valence-electron chi connectivity index (χ3n) is 5.50. The number of likely N-dealkylation sites (N-methyl/N-ethyl adjacent to an activating group) is 1. The molecule has 3 N–H and O–H groups in total. The topological polar surface area (TPSA) is 81.7 Å². The number of rotatable bonds is 7. The fourth-order valence-electron chi connectivity index (χ4n) is 3.86. The number of urea groups is 1. The monoisotopic (exact) mass is 363 g/mol. The summed E-state index contributed by atoms with van der Waals surface area (Å²) in [6.07, 6.45) is 3.22. The van der Waals surface area contributed by atoms with Gasteiger partial charge in [-0.05, 0) is 55.8 Å². The van der Waals surface area contributed by atoms with Crippen LogP contribution >= 0.6 is 0 Å². The van der Waals surface area contributed by atoms with Crippen molar-refractivity contribution in [2.45, 2.75) is 56.7 Å². The number of carboxylic acid groups (broad SMARTS) is 1. The Labute approximate surface area is 152 Å². The van der Waals surface area contributed by atoms with Crippen LogP contribution in [-0.4, -0.2) is 53.2 Å². The molecule has 2 fully saturated rings. The van der Waals surface area contributed by atoms with Gasteiger partial charge in [-0.2, -0.15) is 0 Å². The molecule has 0 radical (unpaired) electrons.